The standard InChI is InChI=1S/C16H13F2N3/c17-11-6-13(18)15-14(7-11)21(16(19)20-15)8-10-5-9-3-1-2-4-12(9)10/h1-4,6-7,10H,5,8H2,(H2,19,20). The van der Waals surface area contributed by atoms with Gasteiger partial charge in [0.25, 0.3) is 0 Å². The second kappa shape index (κ2) is 4.28. The number of rotatable bonds is 2. The number of aromatic nitrogens is 2. The van der Waals surface area contributed by atoms with Gasteiger partial charge in [-0.3, -0.25) is 0 Å². The molecule has 0 amide bonds. The maximum Gasteiger partial charge on any atom is 0.201 e. The number of halogens is 2. The van der Waals surface area contributed by atoms with Crippen LogP contribution in [0.25, 0.3) is 11.0 Å². The van der Waals surface area contributed by atoms with Gasteiger partial charge in [-0.1, -0.05) is 24.3 Å². The smallest absolute Gasteiger partial charge is 0.201 e. The molecule has 0 saturated heterocycles. The molecule has 1 aliphatic rings. The van der Waals surface area contributed by atoms with Crippen LogP contribution < -0.4 is 5.73 Å². The molecule has 0 saturated carbocycles. The fourth-order valence-electron chi connectivity index (χ4n) is 3.10. The molecule has 0 spiro atoms. The largest absolute Gasteiger partial charge is 0.369 e. The normalized spacial score (nSPS) is 16.8. The van der Waals surface area contributed by atoms with E-state index in [2.05, 4.69) is 17.1 Å². The zero-order valence-electron chi connectivity index (χ0n) is 11.2. The van der Waals surface area contributed by atoms with Crippen LogP contribution in [0.15, 0.2) is 36.4 Å². The summed E-state index contributed by atoms with van der Waals surface area (Å²) in [6.45, 7) is 0.586. The fourth-order valence-corrected chi connectivity index (χ4v) is 3.10. The molecule has 3 aromatic rings. The van der Waals surface area contributed by atoms with Crippen LogP contribution in [0.3, 0.4) is 0 Å². The third kappa shape index (κ3) is 1.81. The highest BCUT2D eigenvalue weighted by molar-refractivity contribution is 5.79. The van der Waals surface area contributed by atoms with Gasteiger partial charge in [0.2, 0.25) is 5.95 Å². The molecular weight excluding hydrogens is 272 g/mol. The summed E-state index contributed by atoms with van der Waals surface area (Å²) < 4.78 is 28.9. The summed E-state index contributed by atoms with van der Waals surface area (Å²) in [5.74, 6) is -0.759. The van der Waals surface area contributed by atoms with Crippen molar-refractivity contribution in [2.45, 2.75) is 18.9 Å². The van der Waals surface area contributed by atoms with Crippen LogP contribution >= 0.6 is 0 Å². The predicted molar refractivity (Wildman–Crippen MR) is 76.9 cm³/mol. The van der Waals surface area contributed by atoms with Gasteiger partial charge in [-0.2, -0.15) is 0 Å². The Morgan fingerprint density at radius 2 is 2.05 bits per heavy atom. The van der Waals surface area contributed by atoms with E-state index in [9.17, 15) is 8.78 Å². The zero-order chi connectivity index (χ0) is 14.6. The Morgan fingerprint density at radius 3 is 2.86 bits per heavy atom. The van der Waals surface area contributed by atoms with E-state index in [4.69, 9.17) is 5.73 Å². The van der Waals surface area contributed by atoms with Gasteiger partial charge in [0.1, 0.15) is 11.3 Å². The first-order chi connectivity index (χ1) is 10.1. The minimum atomic E-state index is -0.676. The molecular formula is C16H13F2N3. The number of fused-ring (bicyclic) bond motifs is 2. The van der Waals surface area contributed by atoms with E-state index in [1.165, 1.54) is 17.2 Å². The number of nitrogens with two attached hydrogens (primary N) is 1. The molecule has 1 unspecified atom stereocenters. The van der Waals surface area contributed by atoms with E-state index in [-0.39, 0.29) is 11.5 Å². The average molecular weight is 285 g/mol. The first-order valence-corrected chi connectivity index (χ1v) is 6.82. The minimum absolute atomic E-state index is 0.126. The maximum atomic E-state index is 13.7. The summed E-state index contributed by atoms with van der Waals surface area (Å²) in [6.07, 6.45) is 0.951. The molecule has 5 heteroatoms. The van der Waals surface area contributed by atoms with E-state index in [0.29, 0.717) is 18.0 Å². The number of anilines is 1. The third-order valence-corrected chi connectivity index (χ3v) is 4.17. The van der Waals surface area contributed by atoms with Crippen molar-refractivity contribution in [3.05, 3.63) is 59.2 Å². The SMILES string of the molecule is Nc1nc2c(F)cc(F)cc2n1CC1Cc2ccccc21. The van der Waals surface area contributed by atoms with Gasteiger partial charge in [0.15, 0.2) is 5.82 Å². The van der Waals surface area contributed by atoms with Crippen molar-refractivity contribution < 1.29 is 8.78 Å². The number of imidazole rings is 1. The molecule has 1 atom stereocenters. The first kappa shape index (κ1) is 12.3. The first-order valence-electron chi connectivity index (χ1n) is 6.82. The van der Waals surface area contributed by atoms with Gasteiger partial charge in [-0.15, -0.1) is 0 Å². The van der Waals surface area contributed by atoms with Crippen molar-refractivity contribution in [2.24, 2.45) is 0 Å². The van der Waals surface area contributed by atoms with Crippen molar-refractivity contribution >= 4 is 17.0 Å². The molecule has 0 bridgehead atoms. The fraction of sp³-hybridized carbons (Fsp3) is 0.188. The molecule has 0 aliphatic heterocycles. The number of hydrogen-bond acceptors (Lipinski definition) is 2. The van der Waals surface area contributed by atoms with Gasteiger partial charge in [-0.05, 0) is 17.5 Å². The highest BCUT2D eigenvalue weighted by atomic mass is 19.1. The Labute approximate surface area is 120 Å². The van der Waals surface area contributed by atoms with Gasteiger partial charge in [0.05, 0.1) is 5.52 Å². The Morgan fingerprint density at radius 1 is 1.24 bits per heavy atom. The molecule has 1 aliphatic carbocycles. The molecule has 1 heterocycles. The summed E-state index contributed by atoms with van der Waals surface area (Å²) in [5, 5.41) is 0. The lowest BCUT2D eigenvalue weighted by Gasteiger charge is -2.30. The Hall–Kier alpha value is -2.43. The highest BCUT2D eigenvalue weighted by Gasteiger charge is 2.27. The van der Waals surface area contributed by atoms with Crippen molar-refractivity contribution in [3.63, 3.8) is 0 Å². The van der Waals surface area contributed by atoms with E-state index in [1.54, 1.807) is 4.57 Å². The average Bonchev–Trinajstić information content (AvgIpc) is 2.73. The van der Waals surface area contributed by atoms with Crippen molar-refractivity contribution in [1.29, 1.82) is 0 Å². The van der Waals surface area contributed by atoms with Crippen LogP contribution in [0.4, 0.5) is 14.7 Å². The zero-order valence-corrected chi connectivity index (χ0v) is 11.2. The number of nitrogen functional groups attached to an aromatic ring is 1. The van der Waals surface area contributed by atoms with Gasteiger partial charge in [0, 0.05) is 24.6 Å². The molecule has 3 nitrogen and oxygen atoms in total. The number of benzene rings is 2. The molecule has 4 rings (SSSR count). The second-order valence-electron chi connectivity index (χ2n) is 5.44. The molecule has 0 radical (unpaired) electrons. The topological polar surface area (TPSA) is 43.8 Å². The predicted octanol–water partition coefficient (Wildman–Crippen LogP) is 3.24. The summed E-state index contributed by atoms with van der Waals surface area (Å²) in [4.78, 5) is 4.02. The monoisotopic (exact) mass is 285 g/mol. The van der Waals surface area contributed by atoms with Crippen molar-refractivity contribution in [3.8, 4) is 0 Å². The molecule has 2 aromatic carbocycles. The summed E-state index contributed by atoms with van der Waals surface area (Å²) in [6, 6.07) is 10.3. The van der Waals surface area contributed by atoms with Crippen LogP contribution in [-0.2, 0) is 13.0 Å². The Balaban J connectivity index is 1.77. The van der Waals surface area contributed by atoms with E-state index in [1.807, 2.05) is 12.1 Å². The van der Waals surface area contributed by atoms with E-state index >= 15 is 0 Å². The number of hydrogen-bond donors (Lipinski definition) is 1. The van der Waals surface area contributed by atoms with Gasteiger partial charge in [-0.25, -0.2) is 13.8 Å². The molecule has 21 heavy (non-hydrogen) atoms. The third-order valence-electron chi connectivity index (χ3n) is 4.17. The summed E-state index contributed by atoms with van der Waals surface area (Å²) in [7, 11) is 0. The summed E-state index contributed by atoms with van der Waals surface area (Å²) >= 11 is 0. The van der Waals surface area contributed by atoms with Crippen molar-refractivity contribution in [2.75, 3.05) is 5.73 Å². The van der Waals surface area contributed by atoms with Crippen LogP contribution in [0.5, 0.6) is 0 Å². The van der Waals surface area contributed by atoms with Gasteiger partial charge >= 0.3 is 0 Å². The van der Waals surface area contributed by atoms with Crippen molar-refractivity contribution in [1.82, 2.24) is 9.55 Å². The number of nitrogens with zero attached hydrogens (tertiary/aromatic N) is 2. The lowest BCUT2D eigenvalue weighted by Crippen LogP contribution is -2.22. The quantitative estimate of drug-likeness (QED) is 0.785. The minimum Gasteiger partial charge on any atom is -0.369 e. The molecule has 0 fully saturated rings. The van der Waals surface area contributed by atoms with Crippen LogP contribution in [0, 0.1) is 11.6 Å². The summed E-state index contributed by atoms with van der Waals surface area (Å²) in [5.41, 5.74) is 9.02. The highest BCUT2D eigenvalue weighted by Crippen LogP contribution is 2.37. The maximum absolute atomic E-state index is 13.7. The Bertz CT molecular complexity index is 854. The lowest BCUT2D eigenvalue weighted by atomic mass is 9.77. The molecule has 2 N–H and O–H groups in total. The molecule has 1 aromatic heterocycles. The lowest BCUT2D eigenvalue weighted by molar-refractivity contribution is 0.519. The second-order valence-corrected chi connectivity index (χ2v) is 5.44. The van der Waals surface area contributed by atoms with E-state index in [0.717, 1.165) is 12.5 Å². The molecule has 106 valence electrons. The Kier molecular flexibility index (Phi) is 2.51. The van der Waals surface area contributed by atoms with Crippen LogP contribution in [-0.4, -0.2) is 9.55 Å². The van der Waals surface area contributed by atoms with Crippen LogP contribution in [0.2, 0.25) is 0 Å². The van der Waals surface area contributed by atoms with Gasteiger partial charge < -0.3 is 10.3 Å². The van der Waals surface area contributed by atoms with Crippen LogP contribution in [0.1, 0.15) is 17.0 Å². The van der Waals surface area contributed by atoms with E-state index < -0.39 is 11.6 Å².